The molecule has 0 radical (unpaired) electrons. The van der Waals surface area contributed by atoms with Gasteiger partial charge >= 0.3 is 0 Å². The Labute approximate surface area is 106 Å². The lowest BCUT2D eigenvalue weighted by Crippen LogP contribution is -1.90. The molecule has 2 nitrogen and oxygen atoms in total. The third-order valence-electron chi connectivity index (χ3n) is 2.72. The largest absolute Gasteiger partial charge is 0.495 e. The maximum Gasteiger partial charge on any atom is 0.137 e. The van der Waals surface area contributed by atoms with E-state index in [2.05, 4.69) is 0 Å². The minimum Gasteiger partial charge on any atom is -0.495 e. The van der Waals surface area contributed by atoms with Gasteiger partial charge in [-0.15, -0.1) is 0 Å². The lowest BCUT2D eigenvalue weighted by molar-refractivity contribution is 0.415. The summed E-state index contributed by atoms with van der Waals surface area (Å²) in [6, 6.07) is 11.6. The number of anilines is 1. The molecule has 0 aromatic heterocycles. The van der Waals surface area contributed by atoms with E-state index < -0.39 is 0 Å². The molecule has 0 unspecified atom stereocenters. The van der Waals surface area contributed by atoms with Crippen molar-refractivity contribution < 1.29 is 4.74 Å². The fourth-order valence-corrected chi connectivity index (χ4v) is 2.04. The van der Waals surface area contributed by atoms with Crippen molar-refractivity contribution in [2.75, 3.05) is 12.8 Å². The molecule has 2 aromatic rings. The van der Waals surface area contributed by atoms with Crippen LogP contribution in [0.4, 0.5) is 5.69 Å². The van der Waals surface area contributed by atoms with Crippen molar-refractivity contribution in [3.8, 4) is 16.9 Å². The van der Waals surface area contributed by atoms with Gasteiger partial charge in [-0.1, -0.05) is 23.7 Å². The lowest BCUT2D eigenvalue weighted by atomic mass is 10.00. The first-order valence-corrected chi connectivity index (χ1v) is 5.69. The summed E-state index contributed by atoms with van der Waals surface area (Å²) < 4.78 is 5.13. The molecule has 2 N–H and O–H groups in total. The van der Waals surface area contributed by atoms with Crippen LogP contribution in [0.15, 0.2) is 36.4 Å². The van der Waals surface area contributed by atoms with E-state index in [1.807, 2.05) is 43.3 Å². The summed E-state index contributed by atoms with van der Waals surface area (Å²) >= 11 is 6.12. The Balaban J connectivity index is 2.53. The topological polar surface area (TPSA) is 35.2 Å². The monoisotopic (exact) mass is 247 g/mol. The summed E-state index contributed by atoms with van der Waals surface area (Å²) in [5.41, 5.74) is 9.85. The van der Waals surface area contributed by atoms with E-state index in [0.717, 1.165) is 16.8 Å². The van der Waals surface area contributed by atoms with E-state index in [1.54, 1.807) is 7.11 Å². The Bertz CT molecular complexity index is 552. The number of ether oxygens (including phenoxy) is 1. The van der Waals surface area contributed by atoms with Gasteiger partial charge in [-0.3, -0.25) is 0 Å². The van der Waals surface area contributed by atoms with Gasteiger partial charge < -0.3 is 10.5 Å². The van der Waals surface area contributed by atoms with E-state index in [1.165, 1.54) is 5.56 Å². The number of aryl methyl sites for hydroxylation is 1. The Hall–Kier alpha value is -1.67. The van der Waals surface area contributed by atoms with Crippen LogP contribution >= 0.6 is 11.6 Å². The molecule has 0 fully saturated rings. The molecule has 0 spiro atoms. The van der Waals surface area contributed by atoms with Crippen LogP contribution in [0.2, 0.25) is 5.02 Å². The summed E-state index contributed by atoms with van der Waals surface area (Å²) in [7, 11) is 1.60. The van der Waals surface area contributed by atoms with Gasteiger partial charge in [0, 0.05) is 5.69 Å². The average molecular weight is 248 g/mol. The Morgan fingerprint density at radius 3 is 2.53 bits per heavy atom. The van der Waals surface area contributed by atoms with Gasteiger partial charge in [0.15, 0.2) is 0 Å². The number of benzene rings is 2. The Morgan fingerprint density at radius 2 is 1.88 bits per heavy atom. The van der Waals surface area contributed by atoms with E-state index >= 15 is 0 Å². The second-order valence-corrected chi connectivity index (χ2v) is 4.33. The minimum atomic E-state index is 0.604. The highest BCUT2D eigenvalue weighted by Crippen LogP contribution is 2.32. The summed E-state index contributed by atoms with van der Waals surface area (Å²) in [6.07, 6.45) is 0. The molecule has 2 rings (SSSR count). The fourth-order valence-electron chi connectivity index (χ4n) is 1.78. The zero-order valence-electron chi connectivity index (χ0n) is 9.83. The molecule has 2 aromatic carbocycles. The van der Waals surface area contributed by atoms with Crippen molar-refractivity contribution in [1.82, 2.24) is 0 Å². The van der Waals surface area contributed by atoms with Gasteiger partial charge in [-0.05, 0) is 47.9 Å². The Morgan fingerprint density at radius 1 is 1.12 bits per heavy atom. The number of nitrogens with two attached hydrogens (primary N) is 1. The van der Waals surface area contributed by atoms with E-state index in [4.69, 9.17) is 22.1 Å². The second kappa shape index (κ2) is 4.68. The summed E-state index contributed by atoms with van der Waals surface area (Å²) in [4.78, 5) is 0. The maximum atomic E-state index is 6.12. The van der Waals surface area contributed by atoms with Crippen LogP contribution in [0.25, 0.3) is 11.1 Å². The van der Waals surface area contributed by atoms with Gasteiger partial charge in [-0.25, -0.2) is 0 Å². The molecule has 3 heteroatoms. The third-order valence-corrected chi connectivity index (χ3v) is 3.02. The molecular formula is C14H14ClNO. The zero-order chi connectivity index (χ0) is 12.4. The van der Waals surface area contributed by atoms with E-state index in [-0.39, 0.29) is 0 Å². The highest BCUT2D eigenvalue weighted by Gasteiger charge is 2.06. The van der Waals surface area contributed by atoms with Crippen molar-refractivity contribution in [3.05, 3.63) is 47.0 Å². The molecule has 0 aliphatic carbocycles. The van der Waals surface area contributed by atoms with Crippen LogP contribution in [-0.4, -0.2) is 7.11 Å². The molecule has 0 heterocycles. The molecule has 0 saturated heterocycles. The summed E-state index contributed by atoms with van der Waals surface area (Å²) in [6.45, 7) is 2.05. The number of hydrogen-bond acceptors (Lipinski definition) is 2. The van der Waals surface area contributed by atoms with Crippen LogP contribution in [0.3, 0.4) is 0 Å². The van der Waals surface area contributed by atoms with Gasteiger partial charge in [0.2, 0.25) is 0 Å². The summed E-state index contributed by atoms with van der Waals surface area (Å²) in [5.74, 6) is 0.678. The molecule has 0 aliphatic heterocycles. The number of nitrogen functional groups attached to an aromatic ring is 1. The molecular weight excluding hydrogens is 234 g/mol. The highest BCUT2D eigenvalue weighted by molar-refractivity contribution is 6.32. The molecule has 0 atom stereocenters. The second-order valence-electron chi connectivity index (χ2n) is 3.92. The Kier molecular flexibility index (Phi) is 3.25. The number of halogens is 1. The standard InChI is InChI=1S/C14H14ClNO/c1-9-3-5-11(16)8-12(9)10-4-6-14(17-2)13(15)7-10/h3-8H,16H2,1-2H3. The van der Waals surface area contributed by atoms with Crippen LogP contribution in [0.5, 0.6) is 5.75 Å². The zero-order valence-corrected chi connectivity index (χ0v) is 10.6. The number of methoxy groups -OCH3 is 1. The fraction of sp³-hybridized carbons (Fsp3) is 0.143. The molecule has 0 amide bonds. The van der Waals surface area contributed by atoms with Crippen LogP contribution in [-0.2, 0) is 0 Å². The van der Waals surface area contributed by atoms with Gasteiger partial charge in [0.25, 0.3) is 0 Å². The van der Waals surface area contributed by atoms with E-state index in [9.17, 15) is 0 Å². The quantitative estimate of drug-likeness (QED) is 0.817. The normalized spacial score (nSPS) is 10.3. The number of rotatable bonds is 2. The average Bonchev–Trinajstić information content (AvgIpc) is 2.32. The SMILES string of the molecule is COc1ccc(-c2cc(N)ccc2C)cc1Cl. The van der Waals surface area contributed by atoms with Gasteiger partial charge in [0.1, 0.15) is 5.75 Å². The lowest BCUT2D eigenvalue weighted by Gasteiger charge is -2.09. The molecule has 0 bridgehead atoms. The van der Waals surface area contributed by atoms with Crippen LogP contribution in [0.1, 0.15) is 5.56 Å². The van der Waals surface area contributed by atoms with Gasteiger partial charge in [-0.2, -0.15) is 0 Å². The predicted molar refractivity (Wildman–Crippen MR) is 72.6 cm³/mol. The number of hydrogen-bond donors (Lipinski definition) is 1. The van der Waals surface area contributed by atoms with Crippen molar-refractivity contribution >= 4 is 17.3 Å². The first-order chi connectivity index (χ1) is 8.11. The van der Waals surface area contributed by atoms with Gasteiger partial charge in [0.05, 0.1) is 12.1 Å². The molecule has 0 saturated carbocycles. The molecule has 88 valence electrons. The molecule has 0 aliphatic rings. The first-order valence-electron chi connectivity index (χ1n) is 5.32. The van der Waals surface area contributed by atoms with Crippen molar-refractivity contribution in [3.63, 3.8) is 0 Å². The predicted octanol–water partition coefficient (Wildman–Crippen LogP) is 3.91. The van der Waals surface area contributed by atoms with Crippen molar-refractivity contribution in [2.45, 2.75) is 6.92 Å². The first kappa shape index (κ1) is 11.8. The van der Waals surface area contributed by atoms with E-state index in [0.29, 0.717) is 10.8 Å². The highest BCUT2D eigenvalue weighted by atomic mass is 35.5. The van der Waals surface area contributed by atoms with Crippen molar-refractivity contribution in [2.24, 2.45) is 0 Å². The van der Waals surface area contributed by atoms with Crippen molar-refractivity contribution in [1.29, 1.82) is 0 Å². The summed E-state index contributed by atoms with van der Waals surface area (Å²) in [5, 5.41) is 0.604. The third kappa shape index (κ3) is 2.37. The van der Waals surface area contributed by atoms with Crippen LogP contribution < -0.4 is 10.5 Å². The van der Waals surface area contributed by atoms with Crippen LogP contribution in [0, 0.1) is 6.92 Å². The molecule has 17 heavy (non-hydrogen) atoms. The maximum absolute atomic E-state index is 6.12. The smallest absolute Gasteiger partial charge is 0.137 e. The minimum absolute atomic E-state index is 0.604.